The summed E-state index contributed by atoms with van der Waals surface area (Å²) in [7, 11) is 0. The predicted molar refractivity (Wildman–Crippen MR) is 89.5 cm³/mol. The lowest BCUT2D eigenvalue weighted by atomic mass is 9.85. The molecule has 0 unspecified atom stereocenters. The van der Waals surface area contributed by atoms with Crippen LogP contribution in [0.2, 0.25) is 0 Å². The fourth-order valence-electron chi connectivity index (χ4n) is 1.97. The summed E-state index contributed by atoms with van der Waals surface area (Å²) >= 11 is 0. The molecule has 1 N–H and O–H groups in total. The lowest BCUT2D eigenvalue weighted by molar-refractivity contribution is -0.154. The van der Waals surface area contributed by atoms with Crippen LogP contribution in [0.1, 0.15) is 73.1 Å². The molecular weight excluding hydrogens is 312 g/mol. The predicted octanol–water partition coefficient (Wildman–Crippen LogP) is 3.17. The summed E-state index contributed by atoms with van der Waals surface area (Å²) in [6.07, 6.45) is 1.26. The van der Waals surface area contributed by atoms with E-state index in [1.807, 2.05) is 0 Å². The molecule has 0 aromatic heterocycles. The van der Waals surface area contributed by atoms with E-state index in [9.17, 15) is 19.2 Å². The summed E-state index contributed by atoms with van der Waals surface area (Å²) in [5.41, 5.74) is -1.66. The zero-order valence-corrected chi connectivity index (χ0v) is 15.4. The van der Waals surface area contributed by atoms with Gasteiger partial charge in [-0.3, -0.25) is 19.2 Å². The van der Waals surface area contributed by atoms with Crippen LogP contribution < -0.4 is 0 Å². The molecule has 0 spiro atoms. The van der Waals surface area contributed by atoms with Crippen LogP contribution in [0.4, 0.5) is 0 Å². The van der Waals surface area contributed by atoms with Crippen LogP contribution in [-0.2, 0) is 23.9 Å². The molecule has 0 aliphatic carbocycles. The van der Waals surface area contributed by atoms with Crippen molar-refractivity contribution in [3.63, 3.8) is 0 Å². The monoisotopic (exact) mass is 342 g/mol. The Bertz CT molecular complexity index is 476. The summed E-state index contributed by atoms with van der Waals surface area (Å²) in [6, 6.07) is 0. The highest BCUT2D eigenvalue weighted by Crippen LogP contribution is 2.25. The highest BCUT2D eigenvalue weighted by molar-refractivity contribution is 5.87. The first-order valence-corrected chi connectivity index (χ1v) is 8.36. The molecule has 0 heterocycles. The number of rotatable bonds is 12. The third-order valence-electron chi connectivity index (χ3n) is 4.15. The van der Waals surface area contributed by atoms with Crippen molar-refractivity contribution in [2.24, 2.45) is 10.8 Å². The first-order valence-electron chi connectivity index (χ1n) is 8.36. The average Bonchev–Trinajstić information content (AvgIpc) is 2.49. The molecule has 6 nitrogen and oxygen atoms in total. The molecule has 24 heavy (non-hydrogen) atoms. The van der Waals surface area contributed by atoms with Gasteiger partial charge < -0.3 is 9.84 Å². The molecule has 0 saturated carbocycles. The van der Waals surface area contributed by atoms with E-state index >= 15 is 0 Å². The normalized spacial score (nSPS) is 11.9. The van der Waals surface area contributed by atoms with Crippen LogP contribution in [0.15, 0.2) is 0 Å². The summed E-state index contributed by atoms with van der Waals surface area (Å²) in [4.78, 5) is 46.4. The zero-order chi connectivity index (χ0) is 19.0. The second kappa shape index (κ2) is 9.55. The lowest BCUT2D eigenvalue weighted by Crippen LogP contribution is -2.27. The Morgan fingerprint density at radius 2 is 1.21 bits per heavy atom. The fraction of sp³-hybridized carbons (Fsp3) is 0.778. The maximum atomic E-state index is 11.9. The van der Waals surface area contributed by atoms with Crippen LogP contribution in [0.25, 0.3) is 0 Å². The van der Waals surface area contributed by atoms with Crippen LogP contribution in [0.5, 0.6) is 0 Å². The Labute approximate surface area is 143 Å². The molecule has 0 radical (unpaired) electrons. The van der Waals surface area contributed by atoms with Crippen molar-refractivity contribution < 1.29 is 29.0 Å². The second-order valence-electron chi connectivity index (χ2n) is 7.37. The number of ether oxygens (including phenoxy) is 1. The molecule has 0 rings (SSSR count). The topological polar surface area (TPSA) is 97.7 Å². The summed E-state index contributed by atoms with van der Waals surface area (Å²) in [6.45, 7) is 8.65. The Balaban J connectivity index is 4.16. The van der Waals surface area contributed by atoms with Gasteiger partial charge in [0.2, 0.25) is 0 Å². The van der Waals surface area contributed by atoms with Crippen LogP contribution in [0.3, 0.4) is 0 Å². The van der Waals surface area contributed by atoms with Gasteiger partial charge >= 0.3 is 11.9 Å². The van der Waals surface area contributed by atoms with Gasteiger partial charge in [-0.2, -0.15) is 0 Å². The van der Waals surface area contributed by atoms with Crippen molar-refractivity contribution in [1.29, 1.82) is 0 Å². The minimum absolute atomic E-state index is 0.0711. The third kappa shape index (κ3) is 8.22. The number of carbonyl (C=O) groups is 4. The SMILES string of the molecule is CCOC(=O)C(C)(C)CCC(=O)CCC(=O)CCC(C)(C)C(=O)O. The largest absolute Gasteiger partial charge is 0.481 e. The molecule has 138 valence electrons. The van der Waals surface area contributed by atoms with Crippen molar-refractivity contribution in [3.05, 3.63) is 0 Å². The molecule has 0 aromatic rings. The molecule has 0 amide bonds. The van der Waals surface area contributed by atoms with Gasteiger partial charge in [0.15, 0.2) is 0 Å². The van der Waals surface area contributed by atoms with Gasteiger partial charge in [0.1, 0.15) is 11.6 Å². The van der Waals surface area contributed by atoms with Gasteiger partial charge in [0, 0.05) is 25.7 Å². The number of carbonyl (C=O) groups excluding carboxylic acids is 3. The number of carboxylic acid groups (broad SMARTS) is 1. The third-order valence-corrected chi connectivity index (χ3v) is 4.15. The molecule has 0 bridgehead atoms. The van der Waals surface area contributed by atoms with Gasteiger partial charge in [-0.05, 0) is 47.5 Å². The van der Waals surface area contributed by atoms with E-state index in [4.69, 9.17) is 9.84 Å². The molecule has 0 fully saturated rings. The number of hydrogen-bond acceptors (Lipinski definition) is 5. The van der Waals surface area contributed by atoms with Crippen molar-refractivity contribution in [3.8, 4) is 0 Å². The van der Waals surface area contributed by atoms with Gasteiger partial charge in [-0.15, -0.1) is 0 Å². The molecule has 0 saturated heterocycles. The van der Waals surface area contributed by atoms with Crippen molar-refractivity contribution in [2.45, 2.75) is 73.1 Å². The van der Waals surface area contributed by atoms with E-state index in [2.05, 4.69) is 0 Å². The van der Waals surface area contributed by atoms with Crippen LogP contribution >= 0.6 is 0 Å². The molecule has 0 aliphatic heterocycles. The maximum absolute atomic E-state index is 11.9. The van der Waals surface area contributed by atoms with E-state index in [0.29, 0.717) is 13.0 Å². The Morgan fingerprint density at radius 1 is 0.792 bits per heavy atom. The summed E-state index contributed by atoms with van der Waals surface area (Å²) in [5.74, 6) is -1.45. The first kappa shape index (κ1) is 22.3. The highest BCUT2D eigenvalue weighted by Gasteiger charge is 2.30. The highest BCUT2D eigenvalue weighted by atomic mass is 16.5. The minimum Gasteiger partial charge on any atom is -0.481 e. The number of hydrogen-bond donors (Lipinski definition) is 1. The van der Waals surface area contributed by atoms with E-state index in [1.54, 1.807) is 34.6 Å². The molecule has 0 aromatic carbocycles. The van der Waals surface area contributed by atoms with Crippen LogP contribution in [-0.4, -0.2) is 35.2 Å². The number of ketones is 2. The number of aliphatic carboxylic acids is 1. The maximum Gasteiger partial charge on any atom is 0.311 e. The molecule has 0 aliphatic rings. The van der Waals surface area contributed by atoms with E-state index in [1.165, 1.54) is 0 Å². The molecule has 6 heteroatoms. The smallest absolute Gasteiger partial charge is 0.311 e. The quantitative estimate of drug-likeness (QED) is 0.547. The van der Waals surface area contributed by atoms with E-state index in [-0.39, 0.29) is 49.6 Å². The minimum atomic E-state index is -0.941. The number of esters is 1. The second-order valence-corrected chi connectivity index (χ2v) is 7.37. The Hall–Kier alpha value is -1.72. The summed E-state index contributed by atoms with van der Waals surface area (Å²) in [5, 5.41) is 9.00. The van der Waals surface area contributed by atoms with E-state index < -0.39 is 16.8 Å². The standard InChI is InChI=1S/C18H30O6/c1-6-24-16(23)18(4,5)12-10-14(20)8-7-13(19)9-11-17(2,3)15(21)22/h6-12H2,1-5H3,(H,21,22). The van der Waals surface area contributed by atoms with Gasteiger partial charge in [0.05, 0.1) is 17.4 Å². The van der Waals surface area contributed by atoms with Gasteiger partial charge in [-0.1, -0.05) is 0 Å². The van der Waals surface area contributed by atoms with Crippen molar-refractivity contribution in [2.75, 3.05) is 6.61 Å². The Morgan fingerprint density at radius 3 is 1.58 bits per heavy atom. The van der Waals surface area contributed by atoms with Crippen molar-refractivity contribution >= 4 is 23.5 Å². The van der Waals surface area contributed by atoms with E-state index in [0.717, 1.165) is 0 Å². The van der Waals surface area contributed by atoms with Crippen LogP contribution in [0, 0.1) is 10.8 Å². The Kier molecular flexibility index (Phi) is 8.86. The summed E-state index contributed by atoms with van der Waals surface area (Å²) < 4.78 is 4.97. The first-order chi connectivity index (χ1) is 10.9. The van der Waals surface area contributed by atoms with Crippen molar-refractivity contribution in [1.82, 2.24) is 0 Å². The average molecular weight is 342 g/mol. The molecular formula is C18H30O6. The number of carboxylic acids is 1. The number of Topliss-reactive ketones (excluding diaryl/α,β-unsaturated/α-hetero) is 2. The molecule has 0 atom stereocenters. The van der Waals surface area contributed by atoms with Gasteiger partial charge in [-0.25, -0.2) is 0 Å². The van der Waals surface area contributed by atoms with Gasteiger partial charge in [0.25, 0.3) is 0 Å². The zero-order valence-electron chi connectivity index (χ0n) is 15.4. The lowest BCUT2D eigenvalue weighted by Gasteiger charge is -2.21. The fourth-order valence-corrected chi connectivity index (χ4v) is 1.97.